The first-order valence-corrected chi connectivity index (χ1v) is 9.09. The van der Waals surface area contributed by atoms with Gasteiger partial charge >= 0.3 is 0 Å². The molecule has 0 aliphatic heterocycles. The number of nitrogens with one attached hydrogen (secondary N) is 2. The van der Waals surface area contributed by atoms with E-state index in [2.05, 4.69) is 34.6 Å². The van der Waals surface area contributed by atoms with E-state index in [1.54, 1.807) is 7.05 Å². The molecule has 130 valence electrons. The highest BCUT2D eigenvalue weighted by Crippen LogP contribution is 2.26. The number of rotatable bonds is 7. The Morgan fingerprint density at radius 3 is 2.74 bits per heavy atom. The number of hydrogen-bond donors (Lipinski definition) is 2. The predicted octanol–water partition coefficient (Wildman–Crippen LogP) is 3.82. The highest BCUT2D eigenvalue weighted by molar-refractivity contribution is 5.79. The van der Waals surface area contributed by atoms with Gasteiger partial charge in [0.1, 0.15) is 0 Å². The van der Waals surface area contributed by atoms with Crippen molar-refractivity contribution >= 4 is 5.96 Å². The van der Waals surface area contributed by atoms with Crippen molar-refractivity contribution in [1.29, 1.82) is 0 Å². The molecule has 1 fully saturated rings. The molecule has 5 nitrogen and oxygen atoms in total. The molecule has 0 radical (unpaired) electrons. The second-order valence-electron chi connectivity index (χ2n) is 6.87. The van der Waals surface area contributed by atoms with E-state index in [1.807, 2.05) is 6.07 Å². The van der Waals surface area contributed by atoms with E-state index in [0.29, 0.717) is 12.5 Å². The van der Waals surface area contributed by atoms with Gasteiger partial charge in [0.05, 0.1) is 12.2 Å². The van der Waals surface area contributed by atoms with Crippen LogP contribution in [-0.4, -0.2) is 24.7 Å². The summed E-state index contributed by atoms with van der Waals surface area (Å²) in [5.74, 6) is 3.02. The molecule has 2 rings (SSSR count). The van der Waals surface area contributed by atoms with Crippen molar-refractivity contribution in [2.24, 2.45) is 10.9 Å². The van der Waals surface area contributed by atoms with Gasteiger partial charge in [0.2, 0.25) is 0 Å². The Morgan fingerprint density at radius 1 is 1.30 bits per heavy atom. The van der Waals surface area contributed by atoms with Crippen molar-refractivity contribution in [3.63, 3.8) is 0 Å². The summed E-state index contributed by atoms with van der Waals surface area (Å²) in [4.78, 5) is 4.26. The average Bonchev–Trinajstić information content (AvgIpc) is 3.04. The third-order valence-electron chi connectivity index (χ3n) is 4.63. The lowest BCUT2D eigenvalue weighted by Crippen LogP contribution is -2.37. The summed E-state index contributed by atoms with van der Waals surface area (Å²) in [6.07, 6.45) is 9.70. The Kier molecular flexibility index (Phi) is 7.43. The van der Waals surface area contributed by atoms with Crippen LogP contribution in [-0.2, 0) is 6.54 Å². The predicted molar refractivity (Wildman–Crippen MR) is 94.6 cm³/mol. The molecule has 23 heavy (non-hydrogen) atoms. The third-order valence-corrected chi connectivity index (χ3v) is 4.63. The summed E-state index contributed by atoms with van der Waals surface area (Å²) < 4.78 is 5.33. The van der Waals surface area contributed by atoms with Gasteiger partial charge in [-0.1, -0.05) is 51.1 Å². The van der Waals surface area contributed by atoms with Crippen molar-refractivity contribution in [3.05, 3.63) is 17.5 Å². The van der Waals surface area contributed by atoms with Crippen LogP contribution in [0.1, 0.15) is 76.2 Å². The minimum absolute atomic E-state index is 0.393. The van der Waals surface area contributed by atoms with Gasteiger partial charge in [-0.15, -0.1) is 0 Å². The van der Waals surface area contributed by atoms with Crippen LogP contribution in [0.2, 0.25) is 0 Å². The zero-order chi connectivity index (χ0) is 16.5. The molecular weight excluding hydrogens is 288 g/mol. The maximum atomic E-state index is 5.33. The fourth-order valence-electron chi connectivity index (χ4n) is 3.15. The van der Waals surface area contributed by atoms with Gasteiger partial charge in [-0.05, 0) is 24.7 Å². The molecule has 0 amide bonds. The molecule has 1 aliphatic carbocycles. The molecule has 2 N–H and O–H groups in total. The highest BCUT2D eigenvalue weighted by Gasteiger charge is 2.12. The summed E-state index contributed by atoms with van der Waals surface area (Å²) in [5, 5.41) is 10.7. The van der Waals surface area contributed by atoms with Crippen LogP contribution in [0.5, 0.6) is 0 Å². The molecule has 0 bridgehead atoms. The largest absolute Gasteiger partial charge is 0.359 e. The van der Waals surface area contributed by atoms with Crippen LogP contribution in [0.15, 0.2) is 15.6 Å². The molecule has 0 spiro atoms. The molecule has 5 heteroatoms. The van der Waals surface area contributed by atoms with Gasteiger partial charge in [0.15, 0.2) is 11.7 Å². The van der Waals surface area contributed by atoms with Crippen molar-refractivity contribution in [2.45, 2.75) is 71.3 Å². The third kappa shape index (κ3) is 6.24. The van der Waals surface area contributed by atoms with E-state index in [-0.39, 0.29) is 0 Å². The molecule has 0 atom stereocenters. The summed E-state index contributed by atoms with van der Waals surface area (Å²) in [6.45, 7) is 5.82. The Balaban J connectivity index is 1.62. The Labute approximate surface area is 140 Å². The monoisotopic (exact) mass is 320 g/mol. The van der Waals surface area contributed by atoms with E-state index in [4.69, 9.17) is 4.52 Å². The second-order valence-corrected chi connectivity index (χ2v) is 6.87. The number of hydrogen-bond acceptors (Lipinski definition) is 3. The van der Waals surface area contributed by atoms with Crippen LogP contribution >= 0.6 is 0 Å². The quantitative estimate of drug-likeness (QED) is 0.455. The van der Waals surface area contributed by atoms with Crippen LogP contribution in [0.4, 0.5) is 0 Å². The van der Waals surface area contributed by atoms with Crippen LogP contribution in [0, 0.1) is 5.92 Å². The van der Waals surface area contributed by atoms with Crippen LogP contribution in [0.25, 0.3) is 0 Å². The normalized spacial score (nSPS) is 16.8. The van der Waals surface area contributed by atoms with E-state index >= 15 is 0 Å². The standard InChI is InChI=1S/C18H32N4O/c1-14(2)17-12-16(23-22-17)13-21-18(19-3)20-11-7-10-15-8-5-4-6-9-15/h12,14-15H,4-11,13H2,1-3H3,(H2,19,20,21). The minimum atomic E-state index is 0.393. The van der Waals surface area contributed by atoms with Gasteiger partial charge in [-0.3, -0.25) is 4.99 Å². The lowest BCUT2D eigenvalue weighted by Gasteiger charge is -2.21. The minimum Gasteiger partial charge on any atom is -0.359 e. The van der Waals surface area contributed by atoms with Gasteiger partial charge in [0, 0.05) is 19.7 Å². The number of nitrogens with zero attached hydrogens (tertiary/aromatic N) is 2. The van der Waals surface area contributed by atoms with Crippen molar-refractivity contribution < 1.29 is 4.52 Å². The maximum Gasteiger partial charge on any atom is 0.191 e. The Hall–Kier alpha value is -1.52. The zero-order valence-electron chi connectivity index (χ0n) is 14.9. The SMILES string of the molecule is CN=C(NCCCC1CCCCC1)NCc1cc(C(C)C)no1. The summed E-state index contributed by atoms with van der Waals surface area (Å²) in [6, 6.07) is 2.01. The lowest BCUT2D eigenvalue weighted by atomic mass is 9.86. The molecular formula is C18H32N4O. The van der Waals surface area contributed by atoms with Gasteiger partial charge < -0.3 is 15.2 Å². The van der Waals surface area contributed by atoms with E-state index in [1.165, 1.54) is 44.9 Å². The first-order valence-electron chi connectivity index (χ1n) is 9.09. The van der Waals surface area contributed by atoms with E-state index in [9.17, 15) is 0 Å². The topological polar surface area (TPSA) is 62.5 Å². The second kappa shape index (κ2) is 9.58. The summed E-state index contributed by atoms with van der Waals surface area (Å²) >= 11 is 0. The summed E-state index contributed by atoms with van der Waals surface area (Å²) in [5.41, 5.74) is 0.997. The Bertz CT molecular complexity index is 475. The average molecular weight is 320 g/mol. The van der Waals surface area contributed by atoms with Crippen LogP contribution < -0.4 is 10.6 Å². The molecule has 0 saturated heterocycles. The smallest absolute Gasteiger partial charge is 0.191 e. The van der Waals surface area contributed by atoms with Gasteiger partial charge in [-0.2, -0.15) is 0 Å². The molecule has 1 aromatic heterocycles. The number of aliphatic imine (C=N–C) groups is 1. The first kappa shape index (κ1) is 17.8. The Morgan fingerprint density at radius 2 is 2.09 bits per heavy atom. The molecule has 1 aliphatic rings. The lowest BCUT2D eigenvalue weighted by molar-refractivity contribution is 0.332. The number of guanidine groups is 1. The van der Waals surface area contributed by atoms with E-state index in [0.717, 1.165) is 29.9 Å². The first-order chi connectivity index (χ1) is 11.2. The molecule has 1 heterocycles. The highest BCUT2D eigenvalue weighted by atomic mass is 16.5. The summed E-state index contributed by atoms with van der Waals surface area (Å²) in [7, 11) is 1.80. The van der Waals surface area contributed by atoms with Crippen LogP contribution in [0.3, 0.4) is 0 Å². The molecule has 0 aromatic carbocycles. The fraction of sp³-hybridized carbons (Fsp3) is 0.778. The van der Waals surface area contributed by atoms with E-state index < -0.39 is 0 Å². The maximum absolute atomic E-state index is 5.33. The molecule has 0 unspecified atom stereocenters. The number of aromatic nitrogens is 1. The zero-order valence-corrected chi connectivity index (χ0v) is 14.9. The molecule has 1 aromatic rings. The van der Waals surface area contributed by atoms with Crippen molar-refractivity contribution in [2.75, 3.05) is 13.6 Å². The fourth-order valence-corrected chi connectivity index (χ4v) is 3.15. The van der Waals surface area contributed by atoms with Crippen molar-refractivity contribution in [3.8, 4) is 0 Å². The van der Waals surface area contributed by atoms with Gasteiger partial charge in [0.25, 0.3) is 0 Å². The van der Waals surface area contributed by atoms with Crippen molar-refractivity contribution in [1.82, 2.24) is 15.8 Å². The molecule has 1 saturated carbocycles. The van der Waals surface area contributed by atoms with Gasteiger partial charge in [-0.25, -0.2) is 0 Å².